The molecule has 0 aromatic heterocycles. The molecule has 0 spiro atoms. The minimum atomic E-state index is 0.246. The maximum atomic E-state index is 5.91. The molecule has 2 aliphatic heterocycles. The molecule has 5 nitrogen and oxygen atoms in total. The Morgan fingerprint density at radius 3 is 2.76 bits per heavy atom. The van der Waals surface area contributed by atoms with Gasteiger partial charge < -0.3 is 14.2 Å². The van der Waals surface area contributed by atoms with Crippen LogP contribution in [-0.2, 0) is 0 Å². The molecule has 3 rings (SSSR count). The van der Waals surface area contributed by atoms with Gasteiger partial charge in [0.1, 0.15) is 11.9 Å². The molecule has 0 aliphatic carbocycles. The summed E-state index contributed by atoms with van der Waals surface area (Å²) in [6.07, 6.45) is 2.17. The van der Waals surface area contributed by atoms with Crippen molar-refractivity contribution < 1.29 is 14.2 Å². The molecular formula is C12H16N2O3. The van der Waals surface area contributed by atoms with Crippen molar-refractivity contribution in [2.24, 2.45) is 5.84 Å². The van der Waals surface area contributed by atoms with Gasteiger partial charge in [-0.05, 0) is 25.0 Å². The number of benzene rings is 1. The van der Waals surface area contributed by atoms with Crippen molar-refractivity contribution in [1.29, 1.82) is 0 Å². The van der Waals surface area contributed by atoms with Crippen LogP contribution >= 0.6 is 0 Å². The monoisotopic (exact) mass is 236 g/mol. The topological polar surface area (TPSA) is 57.0 Å². The molecule has 0 unspecified atom stereocenters. The molecule has 92 valence electrons. The molecule has 1 aromatic carbocycles. The van der Waals surface area contributed by atoms with Gasteiger partial charge in [0.25, 0.3) is 0 Å². The lowest BCUT2D eigenvalue weighted by molar-refractivity contribution is 0.101. The molecule has 1 aromatic rings. The molecule has 5 heteroatoms. The maximum Gasteiger partial charge on any atom is 0.231 e. The van der Waals surface area contributed by atoms with Crippen LogP contribution < -0.4 is 20.1 Å². The average molecular weight is 236 g/mol. The normalized spacial score (nSPS) is 20.5. The Hall–Kier alpha value is -1.46. The number of fused-ring (bicyclic) bond motifs is 1. The number of piperidine rings is 1. The molecule has 0 radical (unpaired) electrons. The molecule has 0 atom stereocenters. The molecule has 1 fully saturated rings. The van der Waals surface area contributed by atoms with Crippen LogP contribution in [0.15, 0.2) is 18.2 Å². The van der Waals surface area contributed by atoms with E-state index >= 15 is 0 Å². The van der Waals surface area contributed by atoms with E-state index in [1.165, 1.54) is 0 Å². The van der Waals surface area contributed by atoms with Gasteiger partial charge in [0, 0.05) is 19.2 Å². The quantitative estimate of drug-likeness (QED) is 0.780. The fourth-order valence-electron chi connectivity index (χ4n) is 2.14. The second-order valence-corrected chi connectivity index (χ2v) is 4.37. The van der Waals surface area contributed by atoms with E-state index in [1.54, 1.807) is 0 Å². The second-order valence-electron chi connectivity index (χ2n) is 4.37. The first-order valence-corrected chi connectivity index (χ1v) is 5.87. The van der Waals surface area contributed by atoms with Crippen LogP contribution in [0.1, 0.15) is 12.8 Å². The fourth-order valence-corrected chi connectivity index (χ4v) is 2.14. The van der Waals surface area contributed by atoms with Crippen molar-refractivity contribution in [1.82, 2.24) is 5.01 Å². The number of nitrogens with two attached hydrogens (primary N) is 1. The standard InChI is InChI=1S/C12H16N2O3/c13-14-5-3-9(4-6-14)17-10-1-2-11-12(7-10)16-8-15-11/h1-2,7,9H,3-6,8,13H2. The predicted octanol–water partition coefficient (Wildman–Crippen LogP) is 1.13. The summed E-state index contributed by atoms with van der Waals surface area (Å²) < 4.78 is 16.5. The van der Waals surface area contributed by atoms with Crippen LogP contribution in [0, 0.1) is 0 Å². The van der Waals surface area contributed by atoms with Gasteiger partial charge in [-0.2, -0.15) is 0 Å². The lowest BCUT2D eigenvalue weighted by Crippen LogP contribution is -2.42. The van der Waals surface area contributed by atoms with Crippen LogP contribution in [0.3, 0.4) is 0 Å². The third-order valence-electron chi connectivity index (χ3n) is 3.12. The van der Waals surface area contributed by atoms with E-state index in [4.69, 9.17) is 20.1 Å². The Labute approximate surface area is 100 Å². The van der Waals surface area contributed by atoms with E-state index in [0.717, 1.165) is 43.2 Å². The Balaban J connectivity index is 1.65. The van der Waals surface area contributed by atoms with Crippen molar-refractivity contribution >= 4 is 0 Å². The summed E-state index contributed by atoms with van der Waals surface area (Å²) in [4.78, 5) is 0. The van der Waals surface area contributed by atoms with Crippen molar-refractivity contribution in [2.75, 3.05) is 19.9 Å². The SMILES string of the molecule is NN1CCC(Oc2ccc3c(c2)OCO3)CC1. The van der Waals surface area contributed by atoms with E-state index < -0.39 is 0 Å². The predicted molar refractivity (Wildman–Crippen MR) is 62.0 cm³/mol. The summed E-state index contributed by atoms with van der Waals surface area (Å²) in [6, 6.07) is 5.69. The third kappa shape index (κ3) is 2.30. The van der Waals surface area contributed by atoms with E-state index in [9.17, 15) is 0 Å². The molecule has 0 saturated carbocycles. The summed E-state index contributed by atoms with van der Waals surface area (Å²) in [5.41, 5.74) is 0. The number of rotatable bonds is 2. The highest BCUT2D eigenvalue weighted by Crippen LogP contribution is 2.35. The zero-order valence-corrected chi connectivity index (χ0v) is 9.59. The van der Waals surface area contributed by atoms with Gasteiger partial charge in [-0.3, -0.25) is 5.84 Å². The zero-order chi connectivity index (χ0) is 11.7. The maximum absolute atomic E-state index is 5.91. The molecule has 0 bridgehead atoms. The van der Waals surface area contributed by atoms with Gasteiger partial charge in [-0.25, -0.2) is 5.01 Å². The van der Waals surface area contributed by atoms with Crippen LogP contribution in [0.2, 0.25) is 0 Å². The molecule has 2 heterocycles. The van der Waals surface area contributed by atoms with Gasteiger partial charge in [0.15, 0.2) is 11.5 Å². The van der Waals surface area contributed by atoms with Crippen LogP contribution in [0.5, 0.6) is 17.2 Å². The number of nitrogens with zero attached hydrogens (tertiary/aromatic N) is 1. The highest BCUT2D eigenvalue weighted by Gasteiger charge is 2.20. The Bertz CT molecular complexity index is 403. The van der Waals surface area contributed by atoms with Gasteiger partial charge in [-0.15, -0.1) is 0 Å². The first-order chi connectivity index (χ1) is 8.31. The van der Waals surface area contributed by atoms with Crippen LogP contribution in [-0.4, -0.2) is 31.0 Å². The first-order valence-electron chi connectivity index (χ1n) is 5.87. The Kier molecular flexibility index (Phi) is 2.78. The molecule has 1 saturated heterocycles. The average Bonchev–Trinajstić information content (AvgIpc) is 2.79. The van der Waals surface area contributed by atoms with Crippen molar-refractivity contribution in [3.63, 3.8) is 0 Å². The van der Waals surface area contributed by atoms with E-state index in [-0.39, 0.29) is 6.10 Å². The fraction of sp³-hybridized carbons (Fsp3) is 0.500. The van der Waals surface area contributed by atoms with Crippen molar-refractivity contribution in [3.05, 3.63) is 18.2 Å². The first kappa shape index (κ1) is 10.7. The molecule has 2 aliphatic rings. The molecular weight excluding hydrogens is 220 g/mol. The zero-order valence-electron chi connectivity index (χ0n) is 9.59. The van der Waals surface area contributed by atoms with Crippen LogP contribution in [0.4, 0.5) is 0 Å². The van der Waals surface area contributed by atoms with Gasteiger partial charge >= 0.3 is 0 Å². The largest absolute Gasteiger partial charge is 0.490 e. The van der Waals surface area contributed by atoms with E-state index in [0.29, 0.717) is 6.79 Å². The molecule has 2 N–H and O–H groups in total. The molecule has 17 heavy (non-hydrogen) atoms. The number of ether oxygens (including phenoxy) is 3. The minimum Gasteiger partial charge on any atom is -0.490 e. The molecule has 0 amide bonds. The summed E-state index contributed by atoms with van der Waals surface area (Å²) in [7, 11) is 0. The lowest BCUT2D eigenvalue weighted by atomic mass is 10.1. The Morgan fingerprint density at radius 1 is 1.18 bits per heavy atom. The van der Waals surface area contributed by atoms with Gasteiger partial charge in [0.05, 0.1) is 0 Å². The number of hydrazine groups is 1. The summed E-state index contributed by atoms with van der Waals surface area (Å²) in [5, 5.41) is 1.83. The van der Waals surface area contributed by atoms with E-state index in [2.05, 4.69) is 0 Å². The van der Waals surface area contributed by atoms with E-state index in [1.807, 2.05) is 23.2 Å². The number of hydrogen-bond donors (Lipinski definition) is 1. The number of hydrogen-bond acceptors (Lipinski definition) is 5. The van der Waals surface area contributed by atoms with Crippen molar-refractivity contribution in [2.45, 2.75) is 18.9 Å². The highest BCUT2D eigenvalue weighted by atomic mass is 16.7. The van der Waals surface area contributed by atoms with Gasteiger partial charge in [0.2, 0.25) is 6.79 Å². The highest BCUT2D eigenvalue weighted by molar-refractivity contribution is 5.46. The lowest BCUT2D eigenvalue weighted by Gasteiger charge is -2.28. The third-order valence-corrected chi connectivity index (χ3v) is 3.12. The summed E-state index contributed by atoms with van der Waals surface area (Å²) in [5.74, 6) is 8.09. The van der Waals surface area contributed by atoms with Crippen molar-refractivity contribution in [3.8, 4) is 17.2 Å². The van der Waals surface area contributed by atoms with Gasteiger partial charge in [-0.1, -0.05) is 0 Å². The Morgan fingerprint density at radius 2 is 1.94 bits per heavy atom. The summed E-state index contributed by atoms with van der Waals surface area (Å²) >= 11 is 0. The second kappa shape index (κ2) is 4.43. The smallest absolute Gasteiger partial charge is 0.231 e. The minimum absolute atomic E-state index is 0.246. The van der Waals surface area contributed by atoms with Crippen LogP contribution in [0.25, 0.3) is 0 Å². The summed E-state index contributed by atoms with van der Waals surface area (Å²) in [6.45, 7) is 2.06.